The maximum atomic E-state index is 11.6. The maximum absolute atomic E-state index is 11.6. The van der Waals surface area contributed by atoms with Gasteiger partial charge in [-0.25, -0.2) is 9.78 Å². The van der Waals surface area contributed by atoms with Crippen molar-refractivity contribution in [3.63, 3.8) is 0 Å². The number of carbonyl (C=O) groups is 2. The summed E-state index contributed by atoms with van der Waals surface area (Å²) >= 11 is 6.91. The second kappa shape index (κ2) is 6.92. The lowest BCUT2D eigenvalue weighted by Gasteiger charge is -2.02. The van der Waals surface area contributed by atoms with Crippen LogP contribution >= 0.6 is 22.9 Å². The molecule has 0 atom stereocenters. The molecule has 7 nitrogen and oxygen atoms in total. The number of hydrogen-bond acceptors (Lipinski definition) is 7. The van der Waals surface area contributed by atoms with Crippen molar-refractivity contribution in [3.8, 4) is 0 Å². The molecule has 0 spiro atoms. The summed E-state index contributed by atoms with van der Waals surface area (Å²) in [7, 11) is 1.28. The molecule has 1 aromatic rings. The third-order valence-corrected chi connectivity index (χ3v) is 2.83. The van der Waals surface area contributed by atoms with Crippen LogP contribution in [0.2, 0.25) is 4.34 Å². The molecule has 0 unspecified atom stereocenters. The Morgan fingerprint density at radius 2 is 2.39 bits per heavy atom. The average Bonchev–Trinajstić information content (AvgIpc) is 2.68. The first kappa shape index (κ1) is 14.4. The molecule has 9 heteroatoms. The van der Waals surface area contributed by atoms with Gasteiger partial charge in [0.05, 0.1) is 6.61 Å². The molecule has 1 aromatic heterocycles. The Morgan fingerprint density at radius 3 is 2.94 bits per heavy atom. The molecule has 1 N–H and O–H groups in total. The summed E-state index contributed by atoms with van der Waals surface area (Å²) in [6.07, 6.45) is 0.455. The van der Waals surface area contributed by atoms with E-state index in [0.717, 1.165) is 11.3 Å². The van der Waals surface area contributed by atoms with E-state index < -0.39 is 5.97 Å². The van der Waals surface area contributed by atoms with Gasteiger partial charge >= 0.3 is 5.97 Å². The molecule has 1 heterocycles. The van der Waals surface area contributed by atoms with Crippen molar-refractivity contribution in [2.45, 2.75) is 6.92 Å². The fraction of sp³-hybridized carbons (Fsp3) is 0.333. The number of ether oxygens (including phenoxy) is 1. The number of halogens is 1. The molecule has 0 aliphatic heterocycles. The summed E-state index contributed by atoms with van der Waals surface area (Å²) in [6, 6.07) is 0. The molecule has 98 valence electrons. The van der Waals surface area contributed by atoms with Gasteiger partial charge in [-0.05, 0) is 6.92 Å². The molecule has 18 heavy (non-hydrogen) atoms. The van der Waals surface area contributed by atoms with Crippen LogP contribution in [-0.4, -0.2) is 36.8 Å². The van der Waals surface area contributed by atoms with Gasteiger partial charge in [0.1, 0.15) is 17.1 Å². The summed E-state index contributed by atoms with van der Waals surface area (Å²) < 4.78 is 5.00. The number of nitrogens with one attached hydrogen (secondary N) is 1. The monoisotopic (exact) mass is 291 g/mol. The molecule has 0 saturated heterocycles. The number of oxime groups is 1. The largest absolute Gasteiger partial charge is 0.461 e. The van der Waals surface area contributed by atoms with Gasteiger partial charge < -0.3 is 14.9 Å². The lowest BCUT2D eigenvalue weighted by Crippen LogP contribution is -2.20. The fourth-order valence-electron chi connectivity index (χ4n) is 1.03. The summed E-state index contributed by atoms with van der Waals surface area (Å²) in [5, 5.41) is 6.11. The third-order valence-electron chi connectivity index (χ3n) is 1.64. The van der Waals surface area contributed by atoms with Crippen LogP contribution in [0.1, 0.15) is 12.6 Å². The second-order valence-electron chi connectivity index (χ2n) is 2.75. The summed E-state index contributed by atoms with van der Waals surface area (Å²) in [5.41, 5.74) is -0.0501. The summed E-state index contributed by atoms with van der Waals surface area (Å²) in [6.45, 7) is 1.84. The zero-order valence-electron chi connectivity index (χ0n) is 9.60. The van der Waals surface area contributed by atoms with E-state index in [-0.39, 0.29) is 27.5 Å². The summed E-state index contributed by atoms with van der Waals surface area (Å²) in [5.74, 6) is -0.704. The van der Waals surface area contributed by atoms with E-state index in [2.05, 4.69) is 20.3 Å². The number of nitrogens with zero attached hydrogens (tertiary/aromatic N) is 2. The van der Waals surface area contributed by atoms with Gasteiger partial charge in [-0.15, -0.1) is 0 Å². The zero-order chi connectivity index (χ0) is 13.5. The van der Waals surface area contributed by atoms with E-state index in [1.807, 2.05) is 0 Å². The maximum Gasteiger partial charge on any atom is 0.362 e. The van der Waals surface area contributed by atoms with Gasteiger partial charge in [-0.2, -0.15) is 0 Å². The molecule has 1 amide bonds. The Morgan fingerprint density at radius 1 is 1.67 bits per heavy atom. The van der Waals surface area contributed by atoms with E-state index in [4.69, 9.17) is 16.3 Å². The lowest BCUT2D eigenvalue weighted by atomic mass is 10.3. The van der Waals surface area contributed by atoms with E-state index >= 15 is 0 Å². The number of thiazole rings is 1. The van der Waals surface area contributed by atoms with Gasteiger partial charge in [0.15, 0.2) is 5.13 Å². The van der Waals surface area contributed by atoms with E-state index in [1.54, 1.807) is 6.92 Å². The molecule has 0 aliphatic carbocycles. The number of esters is 1. The number of aromatic nitrogens is 1. The molecule has 0 radical (unpaired) electrons. The predicted molar refractivity (Wildman–Crippen MR) is 67.0 cm³/mol. The van der Waals surface area contributed by atoms with Crippen LogP contribution in [0.5, 0.6) is 0 Å². The van der Waals surface area contributed by atoms with Crippen LogP contribution in [0.25, 0.3) is 0 Å². The summed E-state index contributed by atoms with van der Waals surface area (Å²) in [4.78, 5) is 30.4. The minimum absolute atomic E-state index is 0.103. The van der Waals surface area contributed by atoms with Crippen molar-refractivity contribution in [3.05, 3.63) is 10.0 Å². The van der Waals surface area contributed by atoms with Crippen molar-refractivity contribution >= 4 is 46.2 Å². The number of rotatable bonds is 6. The highest BCUT2D eigenvalue weighted by Gasteiger charge is 2.23. The highest BCUT2D eigenvalue weighted by Crippen LogP contribution is 2.28. The molecule has 0 fully saturated rings. The van der Waals surface area contributed by atoms with Crippen molar-refractivity contribution in [2.75, 3.05) is 19.0 Å². The fourth-order valence-corrected chi connectivity index (χ4v) is 2.03. The highest BCUT2D eigenvalue weighted by atomic mass is 35.5. The van der Waals surface area contributed by atoms with E-state index in [0.29, 0.717) is 6.41 Å². The van der Waals surface area contributed by atoms with Gasteiger partial charge in [0.2, 0.25) is 12.1 Å². The molecule has 0 bridgehead atoms. The predicted octanol–water partition coefficient (Wildman–Crippen LogP) is 1.28. The quantitative estimate of drug-likeness (QED) is 0.369. The molecule has 0 aromatic carbocycles. The number of carbonyl (C=O) groups excluding carboxylic acids is 2. The van der Waals surface area contributed by atoms with E-state index in [1.165, 1.54) is 7.11 Å². The van der Waals surface area contributed by atoms with Crippen molar-refractivity contribution in [1.82, 2.24) is 4.98 Å². The lowest BCUT2D eigenvalue weighted by molar-refractivity contribution is -0.135. The normalized spacial score (nSPS) is 10.9. The topological polar surface area (TPSA) is 89.9 Å². The van der Waals surface area contributed by atoms with Crippen molar-refractivity contribution in [2.24, 2.45) is 5.16 Å². The van der Waals surface area contributed by atoms with E-state index in [9.17, 15) is 9.59 Å². The second-order valence-corrected chi connectivity index (χ2v) is 4.35. The van der Waals surface area contributed by atoms with Gasteiger partial charge in [0, 0.05) is 0 Å². The molecule has 0 saturated carbocycles. The van der Waals surface area contributed by atoms with Gasteiger partial charge in [-0.1, -0.05) is 28.1 Å². The Kier molecular flexibility index (Phi) is 5.53. The molecular formula is C9H10ClN3O4S. The van der Waals surface area contributed by atoms with Crippen LogP contribution < -0.4 is 5.32 Å². The van der Waals surface area contributed by atoms with Crippen molar-refractivity contribution in [1.29, 1.82) is 0 Å². The molecule has 0 aliphatic rings. The average molecular weight is 292 g/mol. The SMILES string of the molecule is CCOC(=O)/C(=N\OC)c1nc(NC=O)sc1Cl. The Balaban J connectivity index is 3.09. The minimum Gasteiger partial charge on any atom is -0.461 e. The first-order valence-corrected chi connectivity index (χ1v) is 5.98. The number of amides is 1. The van der Waals surface area contributed by atoms with Gasteiger partial charge in [0.25, 0.3) is 0 Å². The molecule has 1 rings (SSSR count). The van der Waals surface area contributed by atoms with Crippen LogP contribution in [0.3, 0.4) is 0 Å². The van der Waals surface area contributed by atoms with Crippen LogP contribution in [0.4, 0.5) is 5.13 Å². The third kappa shape index (κ3) is 3.41. The zero-order valence-corrected chi connectivity index (χ0v) is 11.2. The standard InChI is InChI=1S/C9H10ClN3O4S/c1-3-17-8(15)6(13-16-2)5-7(10)18-9(12-5)11-4-14/h4H,3H2,1-2H3,(H,11,12,14)/b13-6-. The smallest absolute Gasteiger partial charge is 0.362 e. The minimum atomic E-state index is -0.704. The van der Waals surface area contributed by atoms with Crippen LogP contribution in [0, 0.1) is 0 Å². The first-order chi connectivity index (χ1) is 8.63. The van der Waals surface area contributed by atoms with Crippen molar-refractivity contribution < 1.29 is 19.2 Å². The molecular weight excluding hydrogens is 282 g/mol. The van der Waals surface area contributed by atoms with Gasteiger partial charge in [-0.3, -0.25) is 4.79 Å². The highest BCUT2D eigenvalue weighted by molar-refractivity contribution is 7.20. The Hall–Kier alpha value is -1.67. The number of anilines is 1. The number of hydrogen-bond donors (Lipinski definition) is 1. The Labute approximate surface area is 112 Å². The first-order valence-electron chi connectivity index (χ1n) is 4.79. The van der Waals surface area contributed by atoms with Crippen LogP contribution in [0.15, 0.2) is 5.16 Å². The Bertz CT molecular complexity index is 474. The van der Waals surface area contributed by atoms with Crippen LogP contribution in [-0.2, 0) is 19.2 Å².